The van der Waals surface area contributed by atoms with Crippen LogP contribution >= 0.6 is 0 Å². The monoisotopic (exact) mass is 932 g/mol. The number of nitrogens with zero attached hydrogens (tertiary/aromatic N) is 4. The Hall–Kier alpha value is -7.80. The highest BCUT2D eigenvalue weighted by Gasteiger charge is 2.85. The largest absolute Gasteiger partial charge is 0.458 e. The summed E-state index contributed by atoms with van der Waals surface area (Å²) in [6, 6.07) is 44.3. The van der Waals surface area contributed by atoms with Crippen LogP contribution in [-0.2, 0) is 17.3 Å². The third-order valence-electron chi connectivity index (χ3n) is 13.4. The molecule has 10 aromatic rings. The third kappa shape index (κ3) is 5.88. The van der Waals surface area contributed by atoms with Crippen LogP contribution in [-0.4, -0.2) is 26.0 Å². The lowest BCUT2D eigenvalue weighted by atomic mass is 9.75. The molecule has 0 fully saturated rings. The molecule has 0 radical (unpaired) electrons. The molecule has 0 atom stereocenters. The lowest BCUT2D eigenvalue weighted by molar-refractivity contribution is -0.571. The predicted molar refractivity (Wildman–Crippen MR) is 249 cm³/mol. The molecular weight excluding hydrogens is 897 g/mol. The van der Waals surface area contributed by atoms with Gasteiger partial charge in [-0.3, -0.25) is 13.7 Å². The fraction of sp³-hybridized carbons (Fsp3) is 0.143. The first-order valence-corrected chi connectivity index (χ1v) is 22.1. The molecule has 342 valence electrons. The van der Waals surface area contributed by atoms with Crippen LogP contribution in [0.1, 0.15) is 37.5 Å². The van der Waals surface area contributed by atoms with Gasteiger partial charge in [-0.05, 0) is 99.5 Å². The molecule has 0 saturated heterocycles. The van der Waals surface area contributed by atoms with Crippen molar-refractivity contribution in [2.45, 2.75) is 49.9 Å². The Labute approximate surface area is 389 Å². The summed E-state index contributed by atoms with van der Waals surface area (Å²) in [6.07, 6.45) is 4.93. The normalized spacial score (nSPS) is 16.2. The number of aromatic nitrogens is 4. The quantitative estimate of drug-likeness (QED) is 0.100. The molecule has 4 heterocycles. The zero-order chi connectivity index (χ0) is 48.0. The molecule has 7 aromatic carbocycles. The van der Waals surface area contributed by atoms with E-state index in [4.69, 9.17) is 9.72 Å². The SMILES string of the molecule is CC(C)(C)c1ccnc(-n2c3ccccc3c3ccc(Oc4cccc(-n5[c-][n+]6c7c(c8c(cc75)C(F)(F)C(F)(F)C(F)(F)C8(F)F)-c5ccccc5-c5ccccc5-c5ccccc5-6)c4)cc32)c1. The number of fused-ring (bicyclic) bond motifs is 12. The van der Waals surface area contributed by atoms with Crippen molar-refractivity contribution in [3.05, 3.63) is 187 Å². The summed E-state index contributed by atoms with van der Waals surface area (Å²) in [6.45, 7) is 6.38. The van der Waals surface area contributed by atoms with Crippen LogP contribution < -0.4 is 9.30 Å². The number of para-hydroxylation sites is 2. The van der Waals surface area contributed by atoms with E-state index in [1.807, 2.05) is 42.5 Å². The molecule has 0 amide bonds. The van der Waals surface area contributed by atoms with E-state index in [1.165, 1.54) is 21.3 Å². The number of alkyl halides is 8. The van der Waals surface area contributed by atoms with E-state index in [1.54, 1.807) is 97.2 Å². The summed E-state index contributed by atoms with van der Waals surface area (Å²) in [5.41, 5.74) is -0.246. The molecule has 0 saturated carbocycles. The predicted octanol–water partition coefficient (Wildman–Crippen LogP) is 15.1. The molecule has 13 heteroatoms. The summed E-state index contributed by atoms with van der Waals surface area (Å²) < 4.78 is 140. The maximum Gasteiger partial charge on any atom is 0.382 e. The second-order valence-corrected chi connectivity index (χ2v) is 18.5. The van der Waals surface area contributed by atoms with E-state index < -0.39 is 40.4 Å². The van der Waals surface area contributed by atoms with Crippen molar-refractivity contribution in [2.24, 2.45) is 0 Å². The Kier molecular flexibility index (Phi) is 8.86. The second kappa shape index (κ2) is 14.4. The standard InChI is InChI=1S/C56H36F8N4O/c1-52(2,3)32-25-26-65-48(27-32)68-45-22-11-9-19-40(45)41-24-23-35(29-46(41)68)69-34-14-12-13-33(28-34)66-31-67-44-21-10-8-18-39(44)37-16-5-4-15-36(37)38-17-6-7-20-42(38)49-50-43(30-47(66)51(49)67)53(57,58)55(61,62)56(63,64)54(50,59)60/h4-30H,1-3H3. The maximum absolute atomic E-state index is 16.7. The number of hydrogen-bond donors (Lipinski definition) is 0. The Morgan fingerprint density at radius 1 is 0.551 bits per heavy atom. The van der Waals surface area contributed by atoms with Crippen LogP contribution in [0.4, 0.5) is 35.1 Å². The lowest BCUT2D eigenvalue weighted by Crippen LogP contribution is -2.64. The third-order valence-corrected chi connectivity index (χ3v) is 13.4. The van der Waals surface area contributed by atoms with Gasteiger partial charge >= 0.3 is 23.7 Å². The zero-order valence-electron chi connectivity index (χ0n) is 36.8. The first-order valence-electron chi connectivity index (χ1n) is 22.1. The smallest absolute Gasteiger partial charge is 0.382 e. The van der Waals surface area contributed by atoms with Gasteiger partial charge in [0.05, 0.1) is 33.4 Å². The van der Waals surface area contributed by atoms with Crippen LogP contribution in [0.25, 0.3) is 83.4 Å². The fourth-order valence-corrected chi connectivity index (χ4v) is 10.1. The summed E-state index contributed by atoms with van der Waals surface area (Å²) in [5, 5.41) is 1.93. The Balaban J connectivity index is 1.10. The molecule has 12 rings (SSSR count). The highest BCUT2D eigenvalue weighted by Crippen LogP contribution is 2.67. The van der Waals surface area contributed by atoms with Crippen molar-refractivity contribution in [1.29, 1.82) is 0 Å². The zero-order valence-corrected chi connectivity index (χ0v) is 36.8. The number of rotatable bonds is 4. The molecule has 2 aliphatic rings. The van der Waals surface area contributed by atoms with Gasteiger partial charge in [-0.2, -0.15) is 35.1 Å². The van der Waals surface area contributed by atoms with E-state index in [0.717, 1.165) is 27.4 Å². The van der Waals surface area contributed by atoms with E-state index >= 15 is 35.1 Å². The Morgan fingerprint density at radius 3 is 1.90 bits per heavy atom. The summed E-state index contributed by atoms with van der Waals surface area (Å²) >= 11 is 0. The van der Waals surface area contributed by atoms with E-state index in [9.17, 15) is 0 Å². The molecule has 0 N–H and O–H groups in total. The van der Waals surface area contributed by atoms with Crippen molar-refractivity contribution in [3.8, 4) is 62.1 Å². The average Bonchev–Trinajstić information content (AvgIpc) is 3.89. The lowest BCUT2D eigenvalue weighted by Gasteiger charge is -2.44. The minimum absolute atomic E-state index is 0.152. The van der Waals surface area contributed by atoms with Gasteiger partial charge in [-0.15, -0.1) is 0 Å². The Morgan fingerprint density at radius 2 is 1.16 bits per heavy atom. The average molecular weight is 933 g/mol. The number of hydrogen-bond acceptors (Lipinski definition) is 2. The minimum atomic E-state index is -6.50. The van der Waals surface area contributed by atoms with Gasteiger partial charge in [-0.1, -0.05) is 112 Å². The van der Waals surface area contributed by atoms with Gasteiger partial charge < -0.3 is 4.74 Å². The van der Waals surface area contributed by atoms with Crippen molar-refractivity contribution < 1.29 is 44.4 Å². The summed E-state index contributed by atoms with van der Waals surface area (Å²) in [5.74, 6) is -23.2. The van der Waals surface area contributed by atoms with Crippen molar-refractivity contribution >= 4 is 32.8 Å². The van der Waals surface area contributed by atoms with E-state index in [-0.39, 0.29) is 39.0 Å². The molecule has 1 aliphatic carbocycles. The van der Waals surface area contributed by atoms with Gasteiger partial charge in [0.2, 0.25) is 0 Å². The highest BCUT2D eigenvalue weighted by molar-refractivity contribution is 6.09. The summed E-state index contributed by atoms with van der Waals surface area (Å²) in [7, 11) is 0. The van der Waals surface area contributed by atoms with Crippen molar-refractivity contribution in [3.63, 3.8) is 0 Å². The fourth-order valence-electron chi connectivity index (χ4n) is 10.1. The number of benzene rings is 7. The molecular formula is C56H36F8N4O. The van der Waals surface area contributed by atoms with Gasteiger partial charge in [0.15, 0.2) is 0 Å². The minimum Gasteiger partial charge on any atom is -0.458 e. The van der Waals surface area contributed by atoms with Crippen molar-refractivity contribution in [2.75, 3.05) is 0 Å². The van der Waals surface area contributed by atoms with Gasteiger partial charge in [0.1, 0.15) is 17.3 Å². The topological polar surface area (TPSA) is 35.9 Å². The maximum atomic E-state index is 16.7. The van der Waals surface area contributed by atoms with Gasteiger partial charge in [0, 0.05) is 39.7 Å². The number of ether oxygens (including phenoxy) is 1. The van der Waals surface area contributed by atoms with Crippen LogP contribution in [0.2, 0.25) is 0 Å². The second-order valence-electron chi connectivity index (χ2n) is 18.5. The molecule has 0 bridgehead atoms. The van der Waals surface area contributed by atoms with Crippen LogP contribution in [0, 0.1) is 6.33 Å². The summed E-state index contributed by atoms with van der Waals surface area (Å²) in [4.78, 5) is 4.76. The number of halogens is 8. The van der Waals surface area contributed by atoms with E-state index in [2.05, 4.69) is 37.7 Å². The van der Waals surface area contributed by atoms with E-state index in [0.29, 0.717) is 40.0 Å². The molecule has 1 aliphatic heterocycles. The van der Waals surface area contributed by atoms with Crippen LogP contribution in [0.3, 0.4) is 0 Å². The van der Waals surface area contributed by atoms with Crippen molar-refractivity contribution in [1.82, 2.24) is 14.1 Å². The van der Waals surface area contributed by atoms with Gasteiger partial charge in [-0.25, -0.2) is 4.98 Å². The molecule has 0 spiro atoms. The Bertz CT molecular complexity index is 3790. The molecule has 3 aromatic heterocycles. The molecule has 5 nitrogen and oxygen atoms in total. The highest BCUT2D eigenvalue weighted by atomic mass is 19.4. The molecule has 0 unspecified atom stereocenters. The van der Waals surface area contributed by atoms with Crippen LogP contribution in [0.15, 0.2) is 164 Å². The number of imidazole rings is 1. The molecule has 69 heavy (non-hydrogen) atoms. The number of pyridine rings is 1. The first kappa shape index (κ1) is 42.5. The van der Waals surface area contributed by atoms with Crippen LogP contribution in [0.5, 0.6) is 11.5 Å². The van der Waals surface area contributed by atoms with Gasteiger partial charge in [0.25, 0.3) is 6.33 Å². The first-order chi connectivity index (χ1) is 32.9.